The second-order valence-corrected chi connectivity index (χ2v) is 5.19. The molecule has 0 radical (unpaired) electrons. The van der Waals surface area contributed by atoms with Gasteiger partial charge in [0, 0.05) is 31.6 Å². The van der Waals surface area contributed by atoms with E-state index < -0.39 is 0 Å². The summed E-state index contributed by atoms with van der Waals surface area (Å²) < 4.78 is 2.06. The number of rotatable bonds is 5. The van der Waals surface area contributed by atoms with Gasteiger partial charge < -0.3 is 15.2 Å². The molecule has 1 aromatic heterocycles. The second-order valence-electron chi connectivity index (χ2n) is 5.19. The number of aromatic nitrogens is 2. The number of imidazole rings is 1. The largest absolute Gasteiger partial charge is 0.355 e. The molecule has 1 heterocycles. The third-order valence-corrected chi connectivity index (χ3v) is 3.18. The van der Waals surface area contributed by atoms with Crippen LogP contribution in [-0.4, -0.2) is 34.5 Å². The van der Waals surface area contributed by atoms with Crippen LogP contribution < -0.4 is 10.6 Å². The maximum atomic E-state index is 12.0. The highest BCUT2D eigenvalue weighted by molar-refractivity contribution is 5.97. The molecule has 0 unspecified atom stereocenters. The van der Waals surface area contributed by atoms with Crippen LogP contribution in [0.3, 0.4) is 0 Å². The van der Waals surface area contributed by atoms with Crippen LogP contribution in [-0.2, 0) is 4.79 Å². The molecular formula is C15H20N4O2. The van der Waals surface area contributed by atoms with Gasteiger partial charge >= 0.3 is 0 Å². The van der Waals surface area contributed by atoms with E-state index in [0.29, 0.717) is 24.7 Å². The number of amides is 2. The Morgan fingerprint density at radius 1 is 1.24 bits per heavy atom. The van der Waals surface area contributed by atoms with Crippen molar-refractivity contribution in [3.8, 4) is 0 Å². The molecule has 2 aromatic rings. The van der Waals surface area contributed by atoms with Crippen LogP contribution in [0.5, 0.6) is 0 Å². The van der Waals surface area contributed by atoms with Crippen LogP contribution in [0.4, 0.5) is 0 Å². The van der Waals surface area contributed by atoms with Crippen molar-refractivity contribution in [1.82, 2.24) is 20.2 Å². The van der Waals surface area contributed by atoms with E-state index in [0.717, 1.165) is 11.0 Å². The van der Waals surface area contributed by atoms with E-state index in [9.17, 15) is 9.59 Å². The van der Waals surface area contributed by atoms with Gasteiger partial charge in [0.05, 0.1) is 17.4 Å². The fraction of sp³-hybridized carbons (Fsp3) is 0.400. The summed E-state index contributed by atoms with van der Waals surface area (Å²) in [5.74, 6) is -0.272. The van der Waals surface area contributed by atoms with Crippen molar-refractivity contribution >= 4 is 22.8 Å². The lowest BCUT2D eigenvalue weighted by Gasteiger charge is -2.08. The summed E-state index contributed by atoms with van der Waals surface area (Å²) in [5, 5.41) is 5.39. The minimum atomic E-state index is -0.165. The number of carbonyl (C=O) groups excluding carboxylic acids is 2. The second kappa shape index (κ2) is 6.39. The highest BCUT2D eigenvalue weighted by atomic mass is 16.2. The van der Waals surface area contributed by atoms with Crippen molar-refractivity contribution in [2.45, 2.75) is 26.8 Å². The minimum absolute atomic E-state index is 0.107. The molecule has 6 nitrogen and oxygen atoms in total. The number of carbonyl (C=O) groups is 2. The first-order chi connectivity index (χ1) is 9.99. The fourth-order valence-corrected chi connectivity index (χ4v) is 2.10. The first kappa shape index (κ1) is 15.0. The fourth-order valence-electron chi connectivity index (χ4n) is 2.10. The van der Waals surface area contributed by atoms with Gasteiger partial charge in [0.25, 0.3) is 5.91 Å². The lowest BCUT2D eigenvalue weighted by atomic mass is 10.2. The molecule has 0 saturated heterocycles. The summed E-state index contributed by atoms with van der Waals surface area (Å²) in [7, 11) is 0. The van der Waals surface area contributed by atoms with Crippen molar-refractivity contribution in [2.75, 3.05) is 13.1 Å². The van der Waals surface area contributed by atoms with Gasteiger partial charge in [0.1, 0.15) is 0 Å². The molecule has 2 amide bonds. The summed E-state index contributed by atoms with van der Waals surface area (Å²) in [6.45, 7) is 6.44. The Bertz CT molecular complexity index is 661. The number of benzene rings is 1. The van der Waals surface area contributed by atoms with Crippen molar-refractivity contribution < 1.29 is 9.59 Å². The third-order valence-electron chi connectivity index (χ3n) is 3.18. The number of nitrogens with one attached hydrogen (secondary N) is 2. The lowest BCUT2D eigenvalue weighted by molar-refractivity contribution is -0.118. The number of hydrogen-bond acceptors (Lipinski definition) is 3. The van der Waals surface area contributed by atoms with Crippen molar-refractivity contribution in [1.29, 1.82) is 0 Å². The Kier molecular flexibility index (Phi) is 4.57. The molecular weight excluding hydrogens is 268 g/mol. The molecule has 1 aromatic carbocycles. The van der Waals surface area contributed by atoms with E-state index in [1.54, 1.807) is 18.5 Å². The Labute approximate surface area is 123 Å². The van der Waals surface area contributed by atoms with Crippen LogP contribution in [0.15, 0.2) is 24.5 Å². The maximum absolute atomic E-state index is 12.0. The first-order valence-corrected chi connectivity index (χ1v) is 6.98. The third kappa shape index (κ3) is 3.59. The van der Waals surface area contributed by atoms with E-state index in [2.05, 4.69) is 34.0 Å². The highest BCUT2D eigenvalue weighted by Gasteiger charge is 2.10. The minimum Gasteiger partial charge on any atom is -0.355 e. The van der Waals surface area contributed by atoms with Crippen molar-refractivity contribution in [3.05, 3.63) is 30.1 Å². The predicted octanol–water partition coefficient (Wildman–Crippen LogP) is 1.48. The van der Waals surface area contributed by atoms with Gasteiger partial charge in [-0.15, -0.1) is 0 Å². The van der Waals surface area contributed by atoms with Crippen molar-refractivity contribution in [2.24, 2.45) is 0 Å². The first-order valence-electron chi connectivity index (χ1n) is 6.98. The Morgan fingerprint density at radius 3 is 2.62 bits per heavy atom. The van der Waals surface area contributed by atoms with E-state index >= 15 is 0 Å². The van der Waals surface area contributed by atoms with Crippen LogP contribution in [0.1, 0.15) is 37.2 Å². The van der Waals surface area contributed by atoms with Crippen LogP contribution in [0, 0.1) is 0 Å². The zero-order valence-electron chi connectivity index (χ0n) is 12.5. The Hall–Kier alpha value is -2.37. The summed E-state index contributed by atoms with van der Waals surface area (Å²) in [4.78, 5) is 27.1. The van der Waals surface area contributed by atoms with Gasteiger partial charge in [0.2, 0.25) is 5.91 Å². The maximum Gasteiger partial charge on any atom is 0.251 e. The summed E-state index contributed by atoms with van der Waals surface area (Å²) in [5.41, 5.74) is 2.39. The molecule has 0 aliphatic carbocycles. The van der Waals surface area contributed by atoms with Crippen LogP contribution in [0.2, 0.25) is 0 Å². The molecule has 0 aliphatic heterocycles. The van der Waals surface area contributed by atoms with Gasteiger partial charge in [-0.05, 0) is 32.0 Å². The topological polar surface area (TPSA) is 76.0 Å². The monoisotopic (exact) mass is 288 g/mol. The number of hydrogen-bond donors (Lipinski definition) is 2. The van der Waals surface area contributed by atoms with Crippen molar-refractivity contribution in [3.63, 3.8) is 0 Å². The predicted molar refractivity (Wildman–Crippen MR) is 81.1 cm³/mol. The number of nitrogens with zero attached hydrogens (tertiary/aromatic N) is 2. The molecule has 0 spiro atoms. The number of fused-ring (bicyclic) bond motifs is 1. The Balaban J connectivity index is 2.05. The van der Waals surface area contributed by atoms with Gasteiger partial charge in [-0.1, -0.05) is 0 Å². The van der Waals surface area contributed by atoms with Gasteiger partial charge in [-0.25, -0.2) is 4.98 Å². The van der Waals surface area contributed by atoms with E-state index in [1.165, 1.54) is 6.92 Å². The molecule has 0 aliphatic rings. The van der Waals surface area contributed by atoms with Crippen LogP contribution in [0.25, 0.3) is 11.0 Å². The molecule has 2 rings (SSSR count). The summed E-state index contributed by atoms with van der Waals surface area (Å²) >= 11 is 0. The molecule has 0 atom stereocenters. The summed E-state index contributed by atoms with van der Waals surface area (Å²) in [6.07, 6.45) is 1.79. The van der Waals surface area contributed by atoms with Crippen LogP contribution >= 0.6 is 0 Å². The Morgan fingerprint density at radius 2 is 1.95 bits per heavy atom. The SMILES string of the molecule is CC(=O)NCCNC(=O)c1ccc2c(c1)ncn2C(C)C. The van der Waals surface area contributed by atoms with Gasteiger partial charge in [0.15, 0.2) is 0 Å². The smallest absolute Gasteiger partial charge is 0.251 e. The van der Waals surface area contributed by atoms with Gasteiger partial charge in [-0.2, -0.15) is 0 Å². The van der Waals surface area contributed by atoms with E-state index in [1.807, 2.05) is 6.07 Å². The molecule has 21 heavy (non-hydrogen) atoms. The van der Waals surface area contributed by atoms with E-state index in [-0.39, 0.29) is 11.8 Å². The molecule has 0 bridgehead atoms. The highest BCUT2D eigenvalue weighted by Crippen LogP contribution is 2.18. The average molecular weight is 288 g/mol. The van der Waals surface area contributed by atoms with Gasteiger partial charge in [-0.3, -0.25) is 9.59 Å². The zero-order valence-corrected chi connectivity index (χ0v) is 12.5. The molecule has 2 N–H and O–H groups in total. The van der Waals surface area contributed by atoms with E-state index in [4.69, 9.17) is 0 Å². The molecule has 6 heteroatoms. The molecule has 0 fully saturated rings. The lowest BCUT2D eigenvalue weighted by Crippen LogP contribution is -2.33. The molecule has 112 valence electrons. The standard InChI is InChI=1S/C15H20N4O2/c1-10(2)19-9-18-13-8-12(4-5-14(13)19)15(21)17-7-6-16-11(3)20/h4-5,8-10H,6-7H2,1-3H3,(H,16,20)(H,17,21). The summed E-state index contributed by atoms with van der Waals surface area (Å²) in [6, 6.07) is 5.80. The zero-order chi connectivity index (χ0) is 15.4. The average Bonchev–Trinajstić information content (AvgIpc) is 2.86. The quantitative estimate of drug-likeness (QED) is 0.818. The molecule has 0 saturated carbocycles. The normalized spacial score (nSPS) is 10.9.